The van der Waals surface area contributed by atoms with Crippen LogP contribution in [0.2, 0.25) is 0 Å². The van der Waals surface area contributed by atoms with Gasteiger partial charge < -0.3 is 10.2 Å². The molecule has 0 saturated carbocycles. The smallest absolute Gasteiger partial charge is 0.266 e. The predicted molar refractivity (Wildman–Crippen MR) is 104 cm³/mol. The van der Waals surface area contributed by atoms with Crippen LogP contribution in [0.5, 0.6) is 0 Å². The fraction of sp³-hybridized carbons (Fsp3) is 0.412. The lowest BCUT2D eigenvalue weighted by Gasteiger charge is -2.33. The number of carbonyl (C=O) groups is 1. The molecule has 0 spiro atoms. The lowest BCUT2D eigenvalue weighted by molar-refractivity contribution is 0.0660. The van der Waals surface area contributed by atoms with E-state index in [1.54, 1.807) is 0 Å². The fourth-order valence-corrected chi connectivity index (χ4v) is 3.82. The van der Waals surface area contributed by atoms with E-state index in [4.69, 9.17) is 0 Å². The van der Waals surface area contributed by atoms with Gasteiger partial charge >= 0.3 is 0 Å². The van der Waals surface area contributed by atoms with Crippen molar-refractivity contribution in [2.75, 3.05) is 19.6 Å². The summed E-state index contributed by atoms with van der Waals surface area (Å²) in [5.41, 5.74) is 2.08. The Morgan fingerprint density at radius 1 is 1.33 bits per heavy atom. The zero-order valence-corrected chi connectivity index (χ0v) is 16.3. The number of aryl methyl sites for hydroxylation is 1. The van der Waals surface area contributed by atoms with Gasteiger partial charge in [0, 0.05) is 32.1 Å². The van der Waals surface area contributed by atoms with Gasteiger partial charge in [-0.25, -0.2) is 4.98 Å². The molecule has 24 heavy (non-hydrogen) atoms. The second-order valence-electron chi connectivity index (χ2n) is 5.74. The van der Waals surface area contributed by atoms with Gasteiger partial charge in [-0.05, 0) is 19.4 Å². The minimum Gasteiger partial charge on any atom is -0.333 e. The Bertz CT molecular complexity index is 663. The van der Waals surface area contributed by atoms with Crippen LogP contribution in [0.3, 0.4) is 0 Å². The average Bonchev–Trinajstić information content (AvgIpc) is 2.88. The molecule has 1 aliphatic rings. The second-order valence-corrected chi connectivity index (χ2v) is 6.82. The number of nitrogens with zero attached hydrogens (tertiary/aromatic N) is 2. The van der Waals surface area contributed by atoms with Gasteiger partial charge in [-0.15, -0.1) is 36.2 Å². The number of carbonyl (C=O) groups excluding carboxylic acids is 1. The molecule has 7 heteroatoms. The van der Waals surface area contributed by atoms with Crippen molar-refractivity contribution in [1.82, 2.24) is 15.2 Å². The molecule has 132 valence electrons. The summed E-state index contributed by atoms with van der Waals surface area (Å²) in [6.45, 7) is 6.52. The first-order chi connectivity index (χ1) is 10.6. The quantitative estimate of drug-likeness (QED) is 0.878. The zero-order valence-electron chi connectivity index (χ0n) is 13.8. The van der Waals surface area contributed by atoms with Crippen LogP contribution in [-0.4, -0.2) is 41.5 Å². The number of amides is 1. The molecule has 0 aliphatic carbocycles. The van der Waals surface area contributed by atoms with E-state index in [-0.39, 0.29) is 36.8 Å². The maximum absolute atomic E-state index is 12.8. The molecule has 2 heterocycles. The Hall–Kier alpha value is -1.14. The molecule has 1 saturated heterocycles. The number of halogens is 2. The van der Waals surface area contributed by atoms with Crippen molar-refractivity contribution in [3.05, 3.63) is 51.5 Å². The van der Waals surface area contributed by atoms with Crippen LogP contribution in [0.25, 0.3) is 0 Å². The molecule has 0 unspecified atom stereocenters. The molecule has 1 aliphatic heterocycles. The Balaban J connectivity index is 0.00000144. The Morgan fingerprint density at radius 2 is 2.04 bits per heavy atom. The molecule has 1 fully saturated rings. The van der Waals surface area contributed by atoms with E-state index in [2.05, 4.69) is 29.4 Å². The molecule has 4 nitrogen and oxygen atoms in total. The predicted octanol–water partition coefficient (Wildman–Crippen LogP) is 3.32. The van der Waals surface area contributed by atoms with Gasteiger partial charge in [0.1, 0.15) is 4.88 Å². The van der Waals surface area contributed by atoms with Crippen LogP contribution in [0, 0.1) is 6.92 Å². The van der Waals surface area contributed by atoms with Crippen molar-refractivity contribution in [3.63, 3.8) is 0 Å². The highest BCUT2D eigenvalue weighted by Crippen LogP contribution is 2.23. The van der Waals surface area contributed by atoms with Gasteiger partial charge in [-0.2, -0.15) is 0 Å². The number of piperazine rings is 1. The molecular formula is C17H23Cl2N3OS. The Morgan fingerprint density at radius 3 is 2.71 bits per heavy atom. The summed E-state index contributed by atoms with van der Waals surface area (Å²) in [5, 5.41) is 4.33. The highest BCUT2D eigenvalue weighted by Gasteiger charge is 2.27. The van der Waals surface area contributed by atoms with E-state index in [0.29, 0.717) is 0 Å². The molecule has 1 aromatic carbocycles. The molecule has 1 atom stereocenters. The summed E-state index contributed by atoms with van der Waals surface area (Å²) in [5.74, 6) is 0.128. The largest absolute Gasteiger partial charge is 0.333 e. The van der Waals surface area contributed by atoms with Crippen LogP contribution in [0.1, 0.15) is 32.9 Å². The van der Waals surface area contributed by atoms with E-state index in [1.165, 1.54) is 16.9 Å². The van der Waals surface area contributed by atoms with Crippen molar-refractivity contribution in [1.29, 1.82) is 0 Å². The maximum Gasteiger partial charge on any atom is 0.266 e. The maximum atomic E-state index is 12.8. The van der Waals surface area contributed by atoms with Crippen LogP contribution in [0.4, 0.5) is 0 Å². The summed E-state index contributed by atoms with van der Waals surface area (Å²) in [6, 6.07) is 10.5. The monoisotopic (exact) mass is 387 g/mol. The summed E-state index contributed by atoms with van der Waals surface area (Å²) in [7, 11) is 0. The normalized spacial score (nSPS) is 16.9. The first-order valence-corrected chi connectivity index (χ1v) is 8.48. The van der Waals surface area contributed by atoms with E-state index in [0.717, 1.165) is 41.6 Å². The molecule has 1 amide bonds. The van der Waals surface area contributed by atoms with Crippen molar-refractivity contribution in [2.45, 2.75) is 26.3 Å². The van der Waals surface area contributed by atoms with E-state index in [1.807, 2.05) is 30.0 Å². The molecule has 0 bridgehead atoms. The van der Waals surface area contributed by atoms with E-state index >= 15 is 0 Å². The SMILES string of the molecule is Cc1nc(Cc2ccccc2)sc1C(=O)N1CCNC[C@H]1C.Cl.Cl. The van der Waals surface area contributed by atoms with Crippen LogP contribution in [-0.2, 0) is 6.42 Å². The van der Waals surface area contributed by atoms with Gasteiger partial charge in [-0.1, -0.05) is 30.3 Å². The number of benzene rings is 1. The summed E-state index contributed by atoms with van der Waals surface area (Å²) in [4.78, 5) is 20.1. The van der Waals surface area contributed by atoms with Gasteiger partial charge in [0.05, 0.1) is 10.7 Å². The van der Waals surface area contributed by atoms with Crippen LogP contribution >= 0.6 is 36.2 Å². The third kappa shape index (κ3) is 4.70. The van der Waals surface area contributed by atoms with Crippen molar-refractivity contribution in [3.8, 4) is 0 Å². The van der Waals surface area contributed by atoms with E-state index in [9.17, 15) is 4.79 Å². The van der Waals surface area contributed by atoms with Crippen LogP contribution < -0.4 is 5.32 Å². The topological polar surface area (TPSA) is 45.2 Å². The second kappa shape index (κ2) is 9.37. The Labute approximate surface area is 159 Å². The number of thiazole rings is 1. The number of hydrogen-bond donors (Lipinski definition) is 1. The summed E-state index contributed by atoms with van der Waals surface area (Å²) >= 11 is 1.54. The number of aromatic nitrogens is 1. The first kappa shape index (κ1) is 20.9. The number of nitrogens with one attached hydrogen (secondary N) is 1. The minimum absolute atomic E-state index is 0. The molecule has 1 aromatic heterocycles. The number of hydrogen-bond acceptors (Lipinski definition) is 4. The van der Waals surface area contributed by atoms with Gasteiger partial charge in [-0.3, -0.25) is 4.79 Å². The summed E-state index contributed by atoms with van der Waals surface area (Å²) in [6.07, 6.45) is 0.788. The molecule has 1 N–H and O–H groups in total. The third-order valence-electron chi connectivity index (χ3n) is 4.00. The molecule has 3 rings (SSSR count). The zero-order chi connectivity index (χ0) is 15.5. The lowest BCUT2D eigenvalue weighted by atomic mass is 10.2. The van der Waals surface area contributed by atoms with Crippen molar-refractivity contribution < 1.29 is 4.79 Å². The average molecular weight is 388 g/mol. The Kier molecular flexibility index (Phi) is 8.16. The minimum atomic E-state index is 0. The molecule has 0 radical (unpaired) electrons. The van der Waals surface area contributed by atoms with Gasteiger partial charge in [0.15, 0.2) is 0 Å². The first-order valence-electron chi connectivity index (χ1n) is 7.67. The van der Waals surface area contributed by atoms with Crippen LogP contribution in [0.15, 0.2) is 30.3 Å². The third-order valence-corrected chi connectivity index (χ3v) is 5.14. The van der Waals surface area contributed by atoms with Crippen molar-refractivity contribution in [2.24, 2.45) is 0 Å². The van der Waals surface area contributed by atoms with Gasteiger partial charge in [0.2, 0.25) is 0 Å². The fourth-order valence-electron chi connectivity index (χ4n) is 2.77. The highest BCUT2D eigenvalue weighted by atomic mass is 35.5. The van der Waals surface area contributed by atoms with Crippen molar-refractivity contribution >= 4 is 42.1 Å². The standard InChI is InChI=1S/C17H21N3OS.2ClH/c1-12-11-18-8-9-20(12)17(21)16-13(2)19-15(22-16)10-14-6-4-3-5-7-14;;/h3-7,12,18H,8-11H2,1-2H3;2*1H/t12-;;/m1../s1. The summed E-state index contributed by atoms with van der Waals surface area (Å²) < 4.78 is 0. The highest BCUT2D eigenvalue weighted by molar-refractivity contribution is 7.13. The van der Waals surface area contributed by atoms with Gasteiger partial charge in [0.25, 0.3) is 5.91 Å². The van der Waals surface area contributed by atoms with E-state index < -0.39 is 0 Å². The molecule has 2 aromatic rings. The lowest BCUT2D eigenvalue weighted by Crippen LogP contribution is -2.52. The number of rotatable bonds is 3. The molecular weight excluding hydrogens is 365 g/mol.